The van der Waals surface area contributed by atoms with Crippen LogP contribution in [-0.4, -0.2) is 46.9 Å². The normalized spacial score (nSPS) is 15.2. The minimum atomic E-state index is -0.0535. The third-order valence-corrected chi connectivity index (χ3v) is 5.36. The molecule has 1 amide bonds. The predicted molar refractivity (Wildman–Crippen MR) is 102 cm³/mol. The molecule has 0 N–H and O–H groups in total. The Morgan fingerprint density at radius 1 is 1.25 bits per heavy atom. The molecule has 0 radical (unpaired) electrons. The number of carbonyl (C=O) groups excluding carboxylic acids is 1. The van der Waals surface area contributed by atoms with Crippen molar-refractivity contribution >= 4 is 52.9 Å². The van der Waals surface area contributed by atoms with E-state index < -0.39 is 0 Å². The van der Waals surface area contributed by atoms with Crippen LogP contribution in [0.1, 0.15) is 21.1 Å². The number of hydrogen-bond acceptors (Lipinski definition) is 4. The molecule has 3 rings (SSSR count). The fourth-order valence-corrected chi connectivity index (χ4v) is 3.79. The van der Waals surface area contributed by atoms with Crippen molar-refractivity contribution in [2.45, 2.75) is 13.5 Å². The SMILES string of the molecule is Cc1csc(CN2CCN(C(=O)c3cc(Cl)ccc3Cl)CC2)n1.Cl. The van der Waals surface area contributed by atoms with Gasteiger partial charge in [-0.2, -0.15) is 0 Å². The van der Waals surface area contributed by atoms with Crippen LogP contribution in [0.5, 0.6) is 0 Å². The fraction of sp³-hybridized carbons (Fsp3) is 0.375. The number of hydrogen-bond donors (Lipinski definition) is 0. The quantitative estimate of drug-likeness (QED) is 0.768. The second-order valence-electron chi connectivity index (χ2n) is 5.58. The van der Waals surface area contributed by atoms with Gasteiger partial charge in [-0.05, 0) is 25.1 Å². The first-order valence-corrected chi connectivity index (χ1v) is 9.04. The number of piperazine rings is 1. The summed E-state index contributed by atoms with van der Waals surface area (Å²) < 4.78 is 0. The third kappa shape index (κ3) is 4.61. The summed E-state index contributed by atoms with van der Waals surface area (Å²) in [4.78, 5) is 21.2. The molecule has 0 atom stereocenters. The molecule has 1 aromatic carbocycles. The van der Waals surface area contributed by atoms with Crippen molar-refractivity contribution in [1.82, 2.24) is 14.8 Å². The number of halogens is 3. The molecule has 0 saturated carbocycles. The van der Waals surface area contributed by atoms with E-state index in [1.807, 2.05) is 11.8 Å². The van der Waals surface area contributed by atoms with Crippen molar-refractivity contribution in [3.63, 3.8) is 0 Å². The van der Waals surface area contributed by atoms with Crippen LogP contribution in [0.25, 0.3) is 0 Å². The van der Waals surface area contributed by atoms with Gasteiger partial charge in [0.05, 0.1) is 17.1 Å². The van der Waals surface area contributed by atoms with Gasteiger partial charge < -0.3 is 4.90 Å². The highest BCUT2D eigenvalue weighted by molar-refractivity contribution is 7.09. The van der Waals surface area contributed by atoms with E-state index >= 15 is 0 Å². The Morgan fingerprint density at radius 2 is 1.96 bits per heavy atom. The average molecular weight is 407 g/mol. The minimum Gasteiger partial charge on any atom is -0.336 e. The molecular formula is C16H18Cl3N3OS. The monoisotopic (exact) mass is 405 g/mol. The number of carbonyl (C=O) groups is 1. The molecule has 0 unspecified atom stereocenters. The molecule has 1 aliphatic heterocycles. The highest BCUT2D eigenvalue weighted by Gasteiger charge is 2.24. The van der Waals surface area contributed by atoms with Gasteiger partial charge >= 0.3 is 0 Å². The van der Waals surface area contributed by atoms with Crippen molar-refractivity contribution in [2.75, 3.05) is 26.2 Å². The molecule has 24 heavy (non-hydrogen) atoms. The zero-order valence-corrected chi connectivity index (χ0v) is 16.3. The topological polar surface area (TPSA) is 36.4 Å². The van der Waals surface area contributed by atoms with Crippen molar-refractivity contribution in [1.29, 1.82) is 0 Å². The van der Waals surface area contributed by atoms with Gasteiger partial charge in [0, 0.05) is 42.3 Å². The maximum atomic E-state index is 12.6. The number of nitrogens with zero attached hydrogens (tertiary/aromatic N) is 3. The van der Waals surface area contributed by atoms with Crippen LogP contribution >= 0.6 is 46.9 Å². The van der Waals surface area contributed by atoms with E-state index in [1.54, 1.807) is 29.5 Å². The van der Waals surface area contributed by atoms with Gasteiger partial charge in [0.15, 0.2) is 0 Å². The molecule has 2 heterocycles. The molecule has 1 fully saturated rings. The molecule has 1 saturated heterocycles. The fourth-order valence-electron chi connectivity index (χ4n) is 2.61. The van der Waals surface area contributed by atoms with Crippen LogP contribution in [0.4, 0.5) is 0 Å². The molecule has 2 aromatic rings. The van der Waals surface area contributed by atoms with Gasteiger partial charge in [0.2, 0.25) is 0 Å². The van der Waals surface area contributed by atoms with Crippen LogP contribution in [0, 0.1) is 6.92 Å². The maximum absolute atomic E-state index is 12.6. The first-order valence-electron chi connectivity index (χ1n) is 7.40. The lowest BCUT2D eigenvalue weighted by Gasteiger charge is -2.34. The Hall–Kier alpha value is -0.850. The Bertz CT molecular complexity index is 714. The van der Waals surface area contributed by atoms with Crippen LogP contribution in [0.2, 0.25) is 10.0 Å². The van der Waals surface area contributed by atoms with E-state index in [-0.39, 0.29) is 18.3 Å². The number of amides is 1. The Kier molecular flexibility index (Phi) is 6.89. The van der Waals surface area contributed by atoms with E-state index in [4.69, 9.17) is 23.2 Å². The molecule has 1 aliphatic rings. The van der Waals surface area contributed by atoms with Crippen molar-refractivity contribution in [2.24, 2.45) is 0 Å². The van der Waals surface area contributed by atoms with Gasteiger partial charge in [-0.25, -0.2) is 4.98 Å². The van der Waals surface area contributed by atoms with Crippen molar-refractivity contribution < 1.29 is 4.79 Å². The van der Waals surface area contributed by atoms with Gasteiger partial charge in [-0.15, -0.1) is 23.7 Å². The molecule has 1 aromatic heterocycles. The molecule has 0 spiro atoms. The molecule has 0 aliphatic carbocycles. The summed E-state index contributed by atoms with van der Waals surface area (Å²) in [5, 5.41) is 4.16. The summed E-state index contributed by atoms with van der Waals surface area (Å²) in [6, 6.07) is 4.99. The zero-order chi connectivity index (χ0) is 16.4. The maximum Gasteiger partial charge on any atom is 0.255 e. The highest BCUT2D eigenvalue weighted by atomic mass is 35.5. The summed E-state index contributed by atoms with van der Waals surface area (Å²) >= 11 is 13.8. The smallest absolute Gasteiger partial charge is 0.255 e. The first kappa shape index (κ1) is 19.5. The lowest BCUT2D eigenvalue weighted by molar-refractivity contribution is 0.0628. The summed E-state index contributed by atoms with van der Waals surface area (Å²) in [6.07, 6.45) is 0. The molecule has 4 nitrogen and oxygen atoms in total. The second-order valence-corrected chi connectivity index (χ2v) is 7.36. The highest BCUT2D eigenvalue weighted by Crippen LogP contribution is 2.23. The summed E-state index contributed by atoms with van der Waals surface area (Å²) in [7, 11) is 0. The van der Waals surface area contributed by atoms with Crippen LogP contribution < -0.4 is 0 Å². The standard InChI is InChI=1S/C16H17Cl2N3OS.ClH/c1-11-10-23-15(19-11)9-20-4-6-21(7-5-20)16(22)13-8-12(17)2-3-14(13)18;/h2-3,8,10H,4-7,9H2,1H3;1H. The van der Waals surface area contributed by atoms with Crippen LogP contribution in [0.3, 0.4) is 0 Å². The Labute approximate surface area is 161 Å². The lowest BCUT2D eigenvalue weighted by atomic mass is 10.2. The van der Waals surface area contributed by atoms with E-state index in [0.29, 0.717) is 28.7 Å². The van der Waals surface area contributed by atoms with Crippen molar-refractivity contribution in [3.8, 4) is 0 Å². The van der Waals surface area contributed by atoms with E-state index in [1.165, 1.54) is 0 Å². The van der Waals surface area contributed by atoms with Gasteiger partial charge in [0.1, 0.15) is 5.01 Å². The zero-order valence-electron chi connectivity index (χ0n) is 13.2. The lowest BCUT2D eigenvalue weighted by Crippen LogP contribution is -2.48. The Balaban J connectivity index is 0.00000208. The van der Waals surface area contributed by atoms with E-state index in [9.17, 15) is 4.79 Å². The molecule has 8 heteroatoms. The van der Waals surface area contributed by atoms with Crippen LogP contribution in [-0.2, 0) is 6.54 Å². The van der Waals surface area contributed by atoms with Gasteiger partial charge in [0.25, 0.3) is 5.91 Å². The largest absolute Gasteiger partial charge is 0.336 e. The van der Waals surface area contributed by atoms with Gasteiger partial charge in [-0.3, -0.25) is 9.69 Å². The number of aryl methyl sites for hydroxylation is 1. The van der Waals surface area contributed by atoms with E-state index in [2.05, 4.69) is 15.3 Å². The molecular weight excluding hydrogens is 389 g/mol. The number of aromatic nitrogens is 1. The third-order valence-electron chi connectivity index (χ3n) is 3.84. The number of rotatable bonds is 3. The second kappa shape index (κ2) is 8.50. The number of benzene rings is 1. The van der Waals surface area contributed by atoms with Crippen LogP contribution in [0.15, 0.2) is 23.6 Å². The average Bonchev–Trinajstić information content (AvgIpc) is 2.95. The summed E-state index contributed by atoms with van der Waals surface area (Å²) in [5.41, 5.74) is 1.54. The van der Waals surface area contributed by atoms with Gasteiger partial charge in [-0.1, -0.05) is 23.2 Å². The Morgan fingerprint density at radius 3 is 2.58 bits per heavy atom. The first-order chi connectivity index (χ1) is 11.0. The predicted octanol–water partition coefficient (Wildman–Crippen LogP) is 4.14. The van der Waals surface area contributed by atoms with E-state index in [0.717, 1.165) is 30.3 Å². The summed E-state index contributed by atoms with van der Waals surface area (Å²) in [5.74, 6) is -0.0535. The minimum absolute atomic E-state index is 0. The molecule has 130 valence electrons. The molecule has 0 bridgehead atoms. The number of thiazole rings is 1. The van der Waals surface area contributed by atoms with Crippen molar-refractivity contribution in [3.05, 3.63) is 49.9 Å². The summed E-state index contributed by atoms with van der Waals surface area (Å²) in [6.45, 7) is 5.90.